The molecule has 0 fully saturated rings. The minimum atomic E-state index is -0.202. The maximum absolute atomic E-state index is 11.7. The van der Waals surface area contributed by atoms with E-state index in [0.29, 0.717) is 6.42 Å². The fourth-order valence-corrected chi connectivity index (χ4v) is 1.25. The number of hydrogen-bond donors (Lipinski definition) is 0. The van der Waals surface area contributed by atoms with Gasteiger partial charge in [-0.05, 0) is 25.8 Å². The van der Waals surface area contributed by atoms with Crippen LogP contribution in [0.5, 0.6) is 0 Å². The summed E-state index contributed by atoms with van der Waals surface area (Å²) >= 11 is 0. The van der Waals surface area contributed by atoms with Gasteiger partial charge in [-0.3, -0.25) is 4.79 Å². The molecule has 16 heavy (non-hydrogen) atoms. The number of Topliss-reactive ketones (excluding diaryl/α,β-unsaturated/α-hetero) is 1. The number of carbonyl (C=O) groups excluding carboxylic acids is 1. The fraction of sp³-hybridized carbons (Fsp3) is 0.500. The Morgan fingerprint density at radius 2 is 1.88 bits per heavy atom. The Kier molecular flexibility index (Phi) is 4.69. The molecular formula is C14H20O2. The van der Waals surface area contributed by atoms with Crippen LogP contribution in [0.15, 0.2) is 30.3 Å². The zero-order chi connectivity index (χ0) is 12.0. The summed E-state index contributed by atoms with van der Waals surface area (Å²) in [6.45, 7) is 6.27. The summed E-state index contributed by atoms with van der Waals surface area (Å²) in [6, 6.07) is 9.76. The van der Waals surface area contributed by atoms with Crippen molar-refractivity contribution in [3.63, 3.8) is 0 Å². The van der Waals surface area contributed by atoms with Gasteiger partial charge in [0.15, 0.2) is 5.78 Å². The molecule has 0 unspecified atom stereocenters. The highest BCUT2D eigenvalue weighted by Crippen LogP contribution is 2.13. The highest BCUT2D eigenvalue weighted by molar-refractivity contribution is 5.82. The van der Waals surface area contributed by atoms with E-state index in [9.17, 15) is 4.79 Å². The number of ketones is 1. The van der Waals surface area contributed by atoms with Crippen LogP contribution in [0.25, 0.3) is 0 Å². The molecule has 0 spiro atoms. The zero-order valence-electron chi connectivity index (χ0n) is 10.3. The van der Waals surface area contributed by atoms with Gasteiger partial charge in [0.05, 0.1) is 5.60 Å². The van der Waals surface area contributed by atoms with Crippen LogP contribution in [0.3, 0.4) is 0 Å². The maximum atomic E-state index is 11.7. The number of rotatable bonds is 6. The minimum absolute atomic E-state index is 0.132. The van der Waals surface area contributed by atoms with Crippen molar-refractivity contribution in [2.45, 2.75) is 39.2 Å². The zero-order valence-corrected chi connectivity index (χ0v) is 10.3. The molecule has 0 bridgehead atoms. The normalized spacial score (nSPS) is 11.4. The van der Waals surface area contributed by atoms with Crippen molar-refractivity contribution in [2.75, 3.05) is 6.61 Å². The lowest BCUT2D eigenvalue weighted by atomic mass is 10.1. The van der Waals surface area contributed by atoms with E-state index in [0.717, 1.165) is 12.0 Å². The molecule has 0 amide bonds. The molecule has 1 aromatic rings. The Morgan fingerprint density at radius 3 is 2.44 bits per heavy atom. The molecule has 2 heteroatoms. The molecule has 0 saturated heterocycles. The summed E-state index contributed by atoms with van der Waals surface area (Å²) in [7, 11) is 0. The van der Waals surface area contributed by atoms with Gasteiger partial charge in [0.1, 0.15) is 6.61 Å². The van der Waals surface area contributed by atoms with Crippen molar-refractivity contribution >= 4 is 5.78 Å². The second-order valence-corrected chi connectivity index (χ2v) is 4.60. The van der Waals surface area contributed by atoms with Crippen molar-refractivity contribution in [3.05, 3.63) is 35.9 Å². The molecule has 0 heterocycles. The Bertz CT molecular complexity index is 328. The third-order valence-electron chi connectivity index (χ3n) is 2.72. The van der Waals surface area contributed by atoms with Gasteiger partial charge in [-0.15, -0.1) is 0 Å². The largest absolute Gasteiger partial charge is 0.368 e. The Balaban J connectivity index is 2.38. The Hall–Kier alpha value is -1.15. The van der Waals surface area contributed by atoms with Crippen LogP contribution >= 0.6 is 0 Å². The molecule has 88 valence electrons. The maximum Gasteiger partial charge on any atom is 0.162 e. The topological polar surface area (TPSA) is 26.3 Å². The number of carbonyl (C=O) groups is 1. The minimum Gasteiger partial charge on any atom is -0.368 e. The van der Waals surface area contributed by atoms with E-state index in [1.807, 2.05) is 44.2 Å². The lowest BCUT2D eigenvalue weighted by Crippen LogP contribution is -2.27. The quantitative estimate of drug-likeness (QED) is 0.736. The fourth-order valence-electron chi connectivity index (χ4n) is 1.25. The third-order valence-corrected chi connectivity index (χ3v) is 2.72. The molecule has 0 atom stereocenters. The highest BCUT2D eigenvalue weighted by Gasteiger charge is 2.16. The van der Waals surface area contributed by atoms with Crippen LogP contribution in [-0.4, -0.2) is 18.0 Å². The molecule has 0 saturated carbocycles. The SMILES string of the molecule is CCC(C)(C)OCC(=O)Cc1ccccc1. The second kappa shape index (κ2) is 5.80. The molecule has 0 radical (unpaired) electrons. The van der Waals surface area contributed by atoms with Gasteiger partial charge in [0, 0.05) is 6.42 Å². The van der Waals surface area contributed by atoms with E-state index in [-0.39, 0.29) is 18.0 Å². The molecule has 0 N–H and O–H groups in total. The lowest BCUT2D eigenvalue weighted by Gasteiger charge is -2.22. The lowest BCUT2D eigenvalue weighted by molar-refractivity contribution is -0.128. The molecule has 1 rings (SSSR count). The van der Waals surface area contributed by atoms with Crippen molar-refractivity contribution in [2.24, 2.45) is 0 Å². The first kappa shape index (κ1) is 12.9. The summed E-state index contributed by atoms with van der Waals surface area (Å²) in [5, 5.41) is 0. The van der Waals surface area contributed by atoms with Gasteiger partial charge in [-0.2, -0.15) is 0 Å². The molecule has 1 aromatic carbocycles. The smallest absolute Gasteiger partial charge is 0.162 e. The molecule has 0 aliphatic carbocycles. The summed E-state index contributed by atoms with van der Waals surface area (Å²) in [5.41, 5.74) is 0.845. The first-order chi connectivity index (χ1) is 7.53. The van der Waals surface area contributed by atoms with Gasteiger partial charge in [0.2, 0.25) is 0 Å². The van der Waals surface area contributed by atoms with Crippen LogP contribution < -0.4 is 0 Å². The average molecular weight is 220 g/mol. The first-order valence-electron chi connectivity index (χ1n) is 5.73. The predicted octanol–water partition coefficient (Wildman–Crippen LogP) is 3.00. The Labute approximate surface area is 97.6 Å². The van der Waals surface area contributed by atoms with E-state index >= 15 is 0 Å². The van der Waals surface area contributed by atoms with Gasteiger partial charge in [0.25, 0.3) is 0 Å². The van der Waals surface area contributed by atoms with Crippen LogP contribution in [-0.2, 0) is 16.0 Å². The molecular weight excluding hydrogens is 200 g/mol. The van der Waals surface area contributed by atoms with E-state index in [1.54, 1.807) is 0 Å². The number of benzene rings is 1. The standard InChI is InChI=1S/C14H20O2/c1-4-14(2,3)16-11-13(15)10-12-8-6-5-7-9-12/h5-9H,4,10-11H2,1-3H3. The van der Waals surface area contributed by atoms with Crippen molar-refractivity contribution in [3.8, 4) is 0 Å². The summed E-state index contributed by atoms with van der Waals surface area (Å²) in [4.78, 5) is 11.7. The number of hydrogen-bond acceptors (Lipinski definition) is 2. The van der Waals surface area contributed by atoms with Crippen LogP contribution in [0, 0.1) is 0 Å². The summed E-state index contributed by atoms with van der Waals surface area (Å²) < 4.78 is 5.56. The number of ether oxygens (including phenoxy) is 1. The summed E-state index contributed by atoms with van der Waals surface area (Å²) in [6.07, 6.45) is 1.37. The van der Waals surface area contributed by atoms with Crippen LogP contribution in [0.4, 0.5) is 0 Å². The molecule has 2 nitrogen and oxygen atoms in total. The van der Waals surface area contributed by atoms with Gasteiger partial charge in [-0.1, -0.05) is 37.3 Å². The van der Waals surface area contributed by atoms with Gasteiger partial charge >= 0.3 is 0 Å². The summed E-state index contributed by atoms with van der Waals surface area (Å²) in [5.74, 6) is 0.132. The van der Waals surface area contributed by atoms with E-state index in [2.05, 4.69) is 6.92 Å². The highest BCUT2D eigenvalue weighted by atomic mass is 16.5. The Morgan fingerprint density at radius 1 is 1.25 bits per heavy atom. The van der Waals surface area contributed by atoms with Crippen molar-refractivity contribution < 1.29 is 9.53 Å². The van der Waals surface area contributed by atoms with E-state index in [4.69, 9.17) is 4.74 Å². The van der Waals surface area contributed by atoms with Crippen molar-refractivity contribution in [1.29, 1.82) is 0 Å². The van der Waals surface area contributed by atoms with Crippen LogP contribution in [0.1, 0.15) is 32.8 Å². The van der Waals surface area contributed by atoms with E-state index in [1.165, 1.54) is 0 Å². The molecule has 0 aliphatic rings. The van der Waals surface area contributed by atoms with Crippen LogP contribution in [0.2, 0.25) is 0 Å². The first-order valence-corrected chi connectivity index (χ1v) is 5.73. The predicted molar refractivity (Wildman–Crippen MR) is 65.5 cm³/mol. The second-order valence-electron chi connectivity index (χ2n) is 4.60. The molecule has 0 aliphatic heterocycles. The van der Waals surface area contributed by atoms with Crippen molar-refractivity contribution in [1.82, 2.24) is 0 Å². The third kappa shape index (κ3) is 4.58. The molecule has 0 aromatic heterocycles. The van der Waals surface area contributed by atoms with E-state index < -0.39 is 0 Å². The monoisotopic (exact) mass is 220 g/mol. The van der Waals surface area contributed by atoms with Gasteiger partial charge < -0.3 is 4.74 Å². The van der Waals surface area contributed by atoms with Gasteiger partial charge in [-0.25, -0.2) is 0 Å². The average Bonchev–Trinajstić information content (AvgIpc) is 2.28.